The molecule has 2 heterocycles. The zero-order chi connectivity index (χ0) is 18.3. The van der Waals surface area contributed by atoms with Crippen molar-refractivity contribution in [2.45, 2.75) is 77.8 Å². The van der Waals surface area contributed by atoms with Crippen molar-refractivity contribution < 1.29 is 9.32 Å². The molecule has 2 aromatic heterocycles. The van der Waals surface area contributed by atoms with Crippen molar-refractivity contribution >= 4 is 5.91 Å². The molecule has 140 valence electrons. The van der Waals surface area contributed by atoms with Crippen LogP contribution in [0.1, 0.15) is 66.1 Å². The number of hydrogen-bond donors (Lipinski definition) is 0. The molecule has 26 heavy (non-hydrogen) atoms. The third-order valence-electron chi connectivity index (χ3n) is 6.11. The van der Waals surface area contributed by atoms with E-state index in [1.165, 1.54) is 30.5 Å². The van der Waals surface area contributed by atoms with E-state index < -0.39 is 0 Å². The van der Waals surface area contributed by atoms with Crippen LogP contribution < -0.4 is 0 Å². The maximum atomic E-state index is 13.2. The lowest BCUT2D eigenvalue weighted by Gasteiger charge is -2.29. The van der Waals surface area contributed by atoms with Crippen LogP contribution in [0.5, 0.6) is 0 Å². The Balaban J connectivity index is 1.58. The lowest BCUT2D eigenvalue weighted by Crippen LogP contribution is -2.39. The Morgan fingerprint density at radius 2 is 2.00 bits per heavy atom. The largest absolute Gasteiger partial charge is 0.361 e. The number of hydrogen-bond acceptors (Lipinski definition) is 4. The summed E-state index contributed by atoms with van der Waals surface area (Å²) in [6, 6.07) is 0.335. The minimum absolute atomic E-state index is 0.170. The molecule has 2 aliphatic rings. The van der Waals surface area contributed by atoms with Crippen molar-refractivity contribution in [3.8, 4) is 0 Å². The van der Waals surface area contributed by atoms with Crippen LogP contribution in [0.25, 0.3) is 0 Å². The van der Waals surface area contributed by atoms with Gasteiger partial charge in [-0.3, -0.25) is 9.48 Å². The Bertz CT molecular complexity index is 795. The van der Waals surface area contributed by atoms with E-state index in [0.717, 1.165) is 48.4 Å². The smallest absolute Gasteiger partial charge is 0.227 e. The molecule has 1 fully saturated rings. The highest BCUT2D eigenvalue weighted by atomic mass is 16.5. The molecule has 0 N–H and O–H groups in total. The van der Waals surface area contributed by atoms with E-state index >= 15 is 0 Å². The van der Waals surface area contributed by atoms with Crippen LogP contribution in [-0.4, -0.2) is 31.8 Å². The van der Waals surface area contributed by atoms with E-state index in [1.807, 2.05) is 25.6 Å². The van der Waals surface area contributed by atoms with Crippen molar-refractivity contribution in [1.29, 1.82) is 0 Å². The highest BCUT2D eigenvalue weighted by Crippen LogP contribution is 2.30. The van der Waals surface area contributed by atoms with Gasteiger partial charge in [0.15, 0.2) is 0 Å². The van der Waals surface area contributed by atoms with Gasteiger partial charge in [0.2, 0.25) is 5.91 Å². The first-order valence-electron chi connectivity index (χ1n) is 9.79. The van der Waals surface area contributed by atoms with Crippen molar-refractivity contribution in [3.05, 3.63) is 34.0 Å². The zero-order valence-electron chi connectivity index (χ0n) is 16.0. The maximum Gasteiger partial charge on any atom is 0.227 e. The monoisotopic (exact) mass is 356 g/mol. The number of aryl methyl sites for hydroxylation is 3. The summed E-state index contributed by atoms with van der Waals surface area (Å²) in [5.74, 6) is 0.921. The second-order valence-electron chi connectivity index (χ2n) is 7.79. The average molecular weight is 356 g/mol. The van der Waals surface area contributed by atoms with Gasteiger partial charge in [0.05, 0.1) is 24.4 Å². The molecule has 6 heteroatoms. The molecule has 1 amide bonds. The molecule has 0 aliphatic heterocycles. The lowest BCUT2D eigenvalue weighted by molar-refractivity contribution is -0.133. The average Bonchev–Trinajstić information content (AvgIpc) is 3.38. The highest BCUT2D eigenvalue weighted by molar-refractivity contribution is 5.79. The van der Waals surface area contributed by atoms with Crippen molar-refractivity contribution in [2.24, 2.45) is 7.05 Å². The second kappa shape index (κ2) is 6.89. The van der Waals surface area contributed by atoms with Crippen LogP contribution in [-0.2, 0) is 37.6 Å². The molecule has 0 atom stereocenters. The fourth-order valence-corrected chi connectivity index (χ4v) is 4.63. The third kappa shape index (κ3) is 3.06. The van der Waals surface area contributed by atoms with Gasteiger partial charge in [0.1, 0.15) is 5.76 Å². The molecular weight excluding hydrogens is 328 g/mol. The number of amides is 1. The molecule has 0 bridgehead atoms. The first-order chi connectivity index (χ1) is 12.5. The van der Waals surface area contributed by atoms with Gasteiger partial charge in [-0.2, -0.15) is 5.10 Å². The van der Waals surface area contributed by atoms with Gasteiger partial charge >= 0.3 is 0 Å². The summed E-state index contributed by atoms with van der Waals surface area (Å²) < 4.78 is 7.26. The van der Waals surface area contributed by atoms with Crippen LogP contribution in [0.4, 0.5) is 0 Å². The molecule has 4 rings (SSSR count). The van der Waals surface area contributed by atoms with Gasteiger partial charge in [-0.15, -0.1) is 0 Å². The molecule has 0 saturated heterocycles. The predicted octanol–water partition coefficient (Wildman–Crippen LogP) is 3.03. The van der Waals surface area contributed by atoms with Gasteiger partial charge in [-0.1, -0.05) is 18.0 Å². The lowest BCUT2D eigenvalue weighted by atomic mass is 10.1. The Hall–Kier alpha value is -2.11. The van der Waals surface area contributed by atoms with Gasteiger partial charge in [0.25, 0.3) is 0 Å². The minimum Gasteiger partial charge on any atom is -0.361 e. The molecule has 0 unspecified atom stereocenters. The van der Waals surface area contributed by atoms with E-state index in [2.05, 4.69) is 10.1 Å². The molecule has 2 aromatic rings. The summed E-state index contributed by atoms with van der Waals surface area (Å²) in [7, 11) is 2.03. The fraction of sp³-hybridized carbons (Fsp3) is 0.650. The summed E-state index contributed by atoms with van der Waals surface area (Å²) >= 11 is 0. The third-order valence-corrected chi connectivity index (χ3v) is 6.11. The topological polar surface area (TPSA) is 64.2 Å². The van der Waals surface area contributed by atoms with Gasteiger partial charge < -0.3 is 9.42 Å². The number of carbonyl (C=O) groups is 1. The van der Waals surface area contributed by atoms with Crippen molar-refractivity contribution in [3.63, 3.8) is 0 Å². The van der Waals surface area contributed by atoms with Crippen LogP contribution in [0.2, 0.25) is 0 Å². The van der Waals surface area contributed by atoms with E-state index in [1.54, 1.807) is 0 Å². The van der Waals surface area contributed by atoms with Crippen LogP contribution in [0, 0.1) is 13.8 Å². The molecule has 6 nitrogen and oxygen atoms in total. The molecule has 1 saturated carbocycles. The van der Waals surface area contributed by atoms with Gasteiger partial charge in [-0.05, 0) is 51.5 Å². The number of carbonyl (C=O) groups excluding carboxylic acids is 1. The summed E-state index contributed by atoms with van der Waals surface area (Å²) in [4.78, 5) is 15.3. The van der Waals surface area contributed by atoms with E-state index in [-0.39, 0.29) is 5.91 Å². The summed E-state index contributed by atoms with van der Waals surface area (Å²) in [6.07, 6.45) is 8.38. The Labute approximate surface area is 154 Å². The second-order valence-corrected chi connectivity index (χ2v) is 7.79. The Kier molecular flexibility index (Phi) is 4.59. The Morgan fingerprint density at radius 1 is 1.23 bits per heavy atom. The van der Waals surface area contributed by atoms with Crippen LogP contribution in [0.15, 0.2) is 4.52 Å². The minimum atomic E-state index is 0.170. The molecular formula is C20H28N4O2. The number of nitrogens with zero attached hydrogens (tertiary/aromatic N) is 4. The predicted molar refractivity (Wildman–Crippen MR) is 97.7 cm³/mol. The fourth-order valence-electron chi connectivity index (χ4n) is 4.63. The maximum absolute atomic E-state index is 13.2. The van der Waals surface area contributed by atoms with Gasteiger partial charge in [-0.25, -0.2) is 0 Å². The molecule has 0 aromatic carbocycles. The molecule has 2 aliphatic carbocycles. The van der Waals surface area contributed by atoms with Gasteiger partial charge in [0, 0.05) is 24.3 Å². The summed E-state index contributed by atoms with van der Waals surface area (Å²) in [5.41, 5.74) is 5.58. The highest BCUT2D eigenvalue weighted by Gasteiger charge is 2.30. The molecule has 0 spiro atoms. The van der Waals surface area contributed by atoms with E-state index in [4.69, 9.17) is 9.62 Å². The number of rotatable bonds is 5. The SMILES string of the molecule is Cc1noc(C)c1CC(=O)N(Cc1nn(C)c2c1CCC2)C1CCCC1. The standard InChI is InChI=1S/C20H28N4O2/c1-13-17(14(2)26-22-13)11-20(25)24(15-7-4-5-8-15)12-18-16-9-6-10-19(16)23(3)21-18/h15H,4-12H2,1-3H3. The van der Waals surface area contributed by atoms with E-state index in [9.17, 15) is 4.79 Å². The normalized spacial score (nSPS) is 17.0. The first-order valence-corrected chi connectivity index (χ1v) is 9.79. The van der Waals surface area contributed by atoms with Crippen LogP contribution >= 0.6 is 0 Å². The van der Waals surface area contributed by atoms with Crippen molar-refractivity contribution in [1.82, 2.24) is 19.8 Å². The summed E-state index contributed by atoms with van der Waals surface area (Å²) in [5, 5.41) is 8.75. The molecule has 0 radical (unpaired) electrons. The zero-order valence-corrected chi connectivity index (χ0v) is 16.0. The van der Waals surface area contributed by atoms with Crippen molar-refractivity contribution in [2.75, 3.05) is 0 Å². The number of fused-ring (bicyclic) bond motifs is 1. The summed E-state index contributed by atoms with van der Waals surface area (Å²) in [6.45, 7) is 4.43. The number of aromatic nitrogens is 3. The first kappa shape index (κ1) is 17.3. The van der Waals surface area contributed by atoms with Crippen LogP contribution in [0.3, 0.4) is 0 Å². The quantitative estimate of drug-likeness (QED) is 0.826. The van der Waals surface area contributed by atoms with E-state index in [0.29, 0.717) is 19.0 Å². The Morgan fingerprint density at radius 3 is 2.69 bits per heavy atom.